The van der Waals surface area contributed by atoms with Crippen LogP contribution in [0.25, 0.3) is 22.5 Å². The Hall–Kier alpha value is -3.75. The summed E-state index contributed by atoms with van der Waals surface area (Å²) in [5.74, 6) is -0.115. The quantitative estimate of drug-likeness (QED) is 0.353. The van der Waals surface area contributed by atoms with E-state index in [0.29, 0.717) is 10.9 Å². The van der Waals surface area contributed by atoms with Gasteiger partial charge in [-0.3, -0.25) is 4.79 Å². The SMILES string of the molecule is C[C@@H](Sc1nnc(-c2ccccc2)c(-c2ccccc2)n1)C(=O)Nc1ccc(N2CCOCC2)cc1. The predicted octanol–water partition coefficient (Wildman–Crippen LogP) is 5.16. The number of carbonyl (C=O) groups is 1. The Morgan fingerprint density at radius 3 is 2.11 bits per heavy atom. The topological polar surface area (TPSA) is 80.2 Å². The molecule has 1 amide bonds. The van der Waals surface area contributed by atoms with Crippen molar-refractivity contribution >= 4 is 29.0 Å². The monoisotopic (exact) mass is 497 g/mol. The average Bonchev–Trinajstić information content (AvgIpc) is 2.95. The minimum atomic E-state index is -0.406. The molecule has 1 aromatic heterocycles. The third-order valence-corrected chi connectivity index (χ3v) is 6.88. The van der Waals surface area contributed by atoms with Crippen molar-refractivity contribution in [1.29, 1.82) is 0 Å². The van der Waals surface area contributed by atoms with E-state index in [1.807, 2.05) is 91.9 Å². The van der Waals surface area contributed by atoms with E-state index in [4.69, 9.17) is 9.72 Å². The van der Waals surface area contributed by atoms with Crippen LogP contribution in [0.2, 0.25) is 0 Å². The second-order valence-corrected chi connectivity index (χ2v) is 9.73. The van der Waals surface area contributed by atoms with Gasteiger partial charge in [0.2, 0.25) is 11.1 Å². The van der Waals surface area contributed by atoms with Crippen LogP contribution in [0.15, 0.2) is 90.1 Å². The number of hydrogen-bond acceptors (Lipinski definition) is 7. The van der Waals surface area contributed by atoms with Gasteiger partial charge in [0, 0.05) is 35.6 Å². The van der Waals surface area contributed by atoms with Crippen LogP contribution in [-0.2, 0) is 9.53 Å². The van der Waals surface area contributed by atoms with E-state index < -0.39 is 5.25 Å². The van der Waals surface area contributed by atoms with E-state index in [9.17, 15) is 4.79 Å². The molecular weight excluding hydrogens is 470 g/mol. The fourth-order valence-corrected chi connectivity index (χ4v) is 4.70. The van der Waals surface area contributed by atoms with E-state index >= 15 is 0 Å². The lowest BCUT2D eigenvalue weighted by molar-refractivity contribution is -0.115. The number of thioether (sulfide) groups is 1. The molecule has 1 fully saturated rings. The number of benzene rings is 3. The van der Waals surface area contributed by atoms with Crippen LogP contribution in [0.5, 0.6) is 0 Å². The maximum absolute atomic E-state index is 12.9. The largest absolute Gasteiger partial charge is 0.378 e. The number of carbonyl (C=O) groups excluding carboxylic acids is 1. The Morgan fingerprint density at radius 1 is 0.861 bits per heavy atom. The minimum Gasteiger partial charge on any atom is -0.378 e. The van der Waals surface area contributed by atoms with Crippen LogP contribution >= 0.6 is 11.8 Å². The number of nitrogens with zero attached hydrogens (tertiary/aromatic N) is 4. The molecule has 4 aromatic rings. The molecular formula is C28H27N5O2S. The van der Waals surface area contributed by atoms with E-state index in [1.165, 1.54) is 11.8 Å². The molecule has 0 radical (unpaired) electrons. The molecule has 0 unspecified atom stereocenters. The first-order valence-corrected chi connectivity index (χ1v) is 12.8. The van der Waals surface area contributed by atoms with E-state index in [-0.39, 0.29) is 5.91 Å². The van der Waals surface area contributed by atoms with Gasteiger partial charge in [0.25, 0.3) is 0 Å². The summed E-state index contributed by atoms with van der Waals surface area (Å²) in [5, 5.41) is 11.9. The molecule has 0 bridgehead atoms. The van der Waals surface area contributed by atoms with Gasteiger partial charge in [0.1, 0.15) is 11.4 Å². The lowest BCUT2D eigenvalue weighted by Crippen LogP contribution is -2.36. The second-order valence-electron chi connectivity index (χ2n) is 8.42. The molecule has 1 aliphatic rings. The van der Waals surface area contributed by atoms with E-state index in [1.54, 1.807) is 0 Å². The first-order chi connectivity index (χ1) is 17.7. The van der Waals surface area contributed by atoms with Crippen molar-refractivity contribution in [3.8, 4) is 22.5 Å². The molecule has 182 valence electrons. The molecule has 8 heteroatoms. The Kier molecular flexibility index (Phi) is 7.54. The van der Waals surface area contributed by atoms with Crippen LogP contribution in [0.1, 0.15) is 6.92 Å². The number of anilines is 2. The molecule has 1 N–H and O–H groups in total. The maximum atomic E-state index is 12.9. The third-order valence-electron chi connectivity index (χ3n) is 5.92. The zero-order chi connectivity index (χ0) is 24.7. The van der Waals surface area contributed by atoms with Crippen molar-refractivity contribution in [3.05, 3.63) is 84.9 Å². The number of hydrogen-bond donors (Lipinski definition) is 1. The van der Waals surface area contributed by atoms with E-state index in [0.717, 1.165) is 54.5 Å². The molecule has 1 saturated heterocycles. The van der Waals surface area contributed by atoms with Gasteiger partial charge >= 0.3 is 0 Å². The van der Waals surface area contributed by atoms with Crippen molar-refractivity contribution in [2.24, 2.45) is 0 Å². The minimum absolute atomic E-state index is 0.115. The fraction of sp³-hybridized carbons (Fsp3) is 0.214. The molecule has 7 nitrogen and oxygen atoms in total. The fourth-order valence-electron chi connectivity index (χ4n) is 3.98. The second kappa shape index (κ2) is 11.3. The first-order valence-electron chi connectivity index (χ1n) is 11.9. The molecule has 3 aromatic carbocycles. The van der Waals surface area contributed by atoms with Crippen molar-refractivity contribution in [2.75, 3.05) is 36.5 Å². The zero-order valence-electron chi connectivity index (χ0n) is 20.0. The number of rotatable bonds is 7. The van der Waals surface area contributed by atoms with Gasteiger partial charge in [0.15, 0.2) is 0 Å². The molecule has 1 aliphatic heterocycles. The van der Waals surface area contributed by atoms with E-state index in [2.05, 4.69) is 20.4 Å². The summed E-state index contributed by atoms with van der Waals surface area (Å²) >= 11 is 1.29. The summed E-state index contributed by atoms with van der Waals surface area (Å²) < 4.78 is 5.42. The number of morpholine rings is 1. The zero-order valence-corrected chi connectivity index (χ0v) is 20.8. The highest BCUT2D eigenvalue weighted by Crippen LogP contribution is 2.31. The molecule has 1 atom stereocenters. The van der Waals surface area contributed by atoms with Gasteiger partial charge in [-0.1, -0.05) is 72.4 Å². The lowest BCUT2D eigenvalue weighted by Gasteiger charge is -2.28. The molecule has 2 heterocycles. The number of nitrogens with one attached hydrogen (secondary N) is 1. The molecule has 0 aliphatic carbocycles. The summed E-state index contributed by atoms with van der Waals surface area (Å²) in [6, 6.07) is 27.7. The first kappa shape index (κ1) is 24.0. The highest BCUT2D eigenvalue weighted by Gasteiger charge is 2.20. The predicted molar refractivity (Wildman–Crippen MR) is 144 cm³/mol. The van der Waals surface area contributed by atoms with Crippen LogP contribution in [0.4, 0.5) is 11.4 Å². The van der Waals surface area contributed by atoms with Crippen molar-refractivity contribution in [3.63, 3.8) is 0 Å². The van der Waals surface area contributed by atoms with Gasteiger partial charge in [-0.05, 0) is 31.2 Å². The van der Waals surface area contributed by atoms with Gasteiger partial charge in [0.05, 0.1) is 18.5 Å². The Morgan fingerprint density at radius 2 is 1.47 bits per heavy atom. The van der Waals surface area contributed by atoms with Crippen molar-refractivity contribution in [1.82, 2.24) is 15.2 Å². The standard InChI is InChI=1S/C28H27N5O2S/c1-20(27(34)29-23-12-14-24(15-13-23)33-16-18-35-19-17-33)36-28-30-25(21-8-4-2-5-9-21)26(31-32-28)22-10-6-3-7-11-22/h2-15,20H,16-19H2,1H3,(H,29,34)/t20-/m1/s1. The van der Waals surface area contributed by atoms with Gasteiger partial charge < -0.3 is 15.0 Å². The number of ether oxygens (including phenoxy) is 1. The Balaban J connectivity index is 1.30. The summed E-state index contributed by atoms with van der Waals surface area (Å²) in [6.45, 7) is 5.08. The summed E-state index contributed by atoms with van der Waals surface area (Å²) in [4.78, 5) is 20.0. The van der Waals surface area contributed by atoms with Crippen LogP contribution < -0.4 is 10.2 Å². The Labute approximate surface area is 214 Å². The number of amides is 1. The number of aromatic nitrogens is 3. The normalized spacial score (nSPS) is 14.3. The maximum Gasteiger partial charge on any atom is 0.237 e. The third kappa shape index (κ3) is 5.72. The molecule has 0 saturated carbocycles. The molecule has 0 spiro atoms. The van der Waals surface area contributed by atoms with Gasteiger partial charge in [-0.15, -0.1) is 10.2 Å². The van der Waals surface area contributed by atoms with Crippen LogP contribution in [0, 0.1) is 0 Å². The highest BCUT2D eigenvalue weighted by atomic mass is 32.2. The average molecular weight is 498 g/mol. The highest BCUT2D eigenvalue weighted by molar-refractivity contribution is 8.00. The lowest BCUT2D eigenvalue weighted by atomic mass is 10.0. The Bertz CT molecular complexity index is 1300. The summed E-state index contributed by atoms with van der Waals surface area (Å²) in [5.41, 5.74) is 5.23. The van der Waals surface area contributed by atoms with Gasteiger partial charge in [-0.2, -0.15) is 0 Å². The smallest absolute Gasteiger partial charge is 0.237 e. The summed E-state index contributed by atoms with van der Waals surface area (Å²) in [7, 11) is 0. The molecule has 5 rings (SSSR count). The van der Waals surface area contributed by atoms with Crippen LogP contribution in [0.3, 0.4) is 0 Å². The van der Waals surface area contributed by atoms with Gasteiger partial charge in [-0.25, -0.2) is 4.98 Å². The molecule has 36 heavy (non-hydrogen) atoms. The van der Waals surface area contributed by atoms with Crippen LogP contribution in [-0.4, -0.2) is 52.6 Å². The van der Waals surface area contributed by atoms with Crippen molar-refractivity contribution in [2.45, 2.75) is 17.3 Å². The summed E-state index contributed by atoms with van der Waals surface area (Å²) in [6.07, 6.45) is 0. The van der Waals surface area contributed by atoms with Crippen molar-refractivity contribution < 1.29 is 9.53 Å².